The molecule has 0 spiro atoms. The topological polar surface area (TPSA) is 86.3 Å². The Morgan fingerprint density at radius 1 is 1.64 bits per heavy atom. The van der Waals surface area contributed by atoms with Crippen molar-refractivity contribution in [3.05, 3.63) is 18.2 Å². The number of nitrogens with one attached hydrogen (secondary N) is 1. The zero-order chi connectivity index (χ0) is 10.7. The first kappa shape index (κ1) is 10.2. The number of hydrogen-bond donors (Lipinski definition) is 2. The molecule has 1 unspecified atom stereocenters. The van der Waals surface area contributed by atoms with Gasteiger partial charge in [0.2, 0.25) is 0 Å². The molecule has 0 fully saturated rings. The lowest BCUT2D eigenvalue weighted by Gasteiger charge is -2.20. The van der Waals surface area contributed by atoms with Gasteiger partial charge in [0.1, 0.15) is 11.7 Å². The van der Waals surface area contributed by atoms with Crippen molar-refractivity contribution in [2.24, 2.45) is 0 Å². The Balaban J connectivity index is 2.76. The first-order valence-electron chi connectivity index (χ1n) is 4.02. The van der Waals surface area contributed by atoms with Crippen LogP contribution in [-0.2, 0) is 4.79 Å². The average molecular weight is 197 g/mol. The van der Waals surface area contributed by atoms with E-state index in [9.17, 15) is 9.59 Å². The molecule has 14 heavy (non-hydrogen) atoms. The summed E-state index contributed by atoms with van der Waals surface area (Å²) >= 11 is 0. The number of carboxylic acid groups (broad SMARTS) is 1. The molecule has 6 heteroatoms. The summed E-state index contributed by atoms with van der Waals surface area (Å²) in [6, 6.07) is -0.856. The molecule has 1 amide bonds. The second-order valence-electron chi connectivity index (χ2n) is 2.90. The number of amides is 1. The van der Waals surface area contributed by atoms with E-state index in [1.165, 1.54) is 26.5 Å². The number of rotatable bonds is 3. The molecule has 0 bridgehead atoms. The molecule has 0 aliphatic rings. The summed E-state index contributed by atoms with van der Waals surface area (Å²) in [5.41, 5.74) is 0.278. The van der Waals surface area contributed by atoms with Crippen molar-refractivity contribution < 1.29 is 14.7 Å². The minimum Gasteiger partial charge on any atom is -0.480 e. The van der Waals surface area contributed by atoms with Gasteiger partial charge in [0, 0.05) is 7.05 Å². The molecule has 0 saturated heterocycles. The molecule has 0 aromatic carbocycles. The van der Waals surface area contributed by atoms with Gasteiger partial charge in [-0.2, -0.15) is 0 Å². The summed E-state index contributed by atoms with van der Waals surface area (Å²) in [5.74, 6) is -1.43. The molecular weight excluding hydrogens is 186 g/mol. The molecule has 1 heterocycles. The molecule has 0 aliphatic carbocycles. The van der Waals surface area contributed by atoms with Crippen LogP contribution in [0.5, 0.6) is 0 Å². The van der Waals surface area contributed by atoms with Gasteiger partial charge in [0.25, 0.3) is 5.91 Å². The van der Waals surface area contributed by atoms with E-state index in [2.05, 4.69) is 9.97 Å². The Morgan fingerprint density at radius 3 is 2.71 bits per heavy atom. The number of carbonyl (C=O) groups is 2. The number of carboxylic acids is 1. The number of aliphatic carboxylic acids is 1. The fraction of sp³-hybridized carbons (Fsp3) is 0.375. The molecule has 1 rings (SSSR count). The quantitative estimate of drug-likeness (QED) is 0.711. The van der Waals surface area contributed by atoms with Crippen molar-refractivity contribution in [2.45, 2.75) is 13.0 Å². The van der Waals surface area contributed by atoms with Crippen LogP contribution in [0.1, 0.15) is 17.4 Å². The van der Waals surface area contributed by atoms with Gasteiger partial charge < -0.3 is 15.0 Å². The third-order valence-corrected chi connectivity index (χ3v) is 1.99. The summed E-state index contributed by atoms with van der Waals surface area (Å²) in [7, 11) is 1.43. The van der Waals surface area contributed by atoms with Gasteiger partial charge in [0.15, 0.2) is 0 Å². The average Bonchev–Trinajstić information content (AvgIpc) is 2.67. The number of aromatic nitrogens is 2. The van der Waals surface area contributed by atoms with Crippen LogP contribution in [0.2, 0.25) is 0 Å². The van der Waals surface area contributed by atoms with Gasteiger partial charge in [-0.05, 0) is 6.92 Å². The number of likely N-dealkylation sites (N-methyl/N-ethyl adjacent to an activating group) is 1. The maximum atomic E-state index is 11.5. The third kappa shape index (κ3) is 1.90. The van der Waals surface area contributed by atoms with Crippen molar-refractivity contribution in [3.63, 3.8) is 0 Å². The van der Waals surface area contributed by atoms with Crippen molar-refractivity contribution in [1.82, 2.24) is 14.9 Å². The van der Waals surface area contributed by atoms with Gasteiger partial charge in [-0.25, -0.2) is 9.78 Å². The number of H-pyrrole nitrogens is 1. The lowest BCUT2D eigenvalue weighted by Crippen LogP contribution is -2.40. The van der Waals surface area contributed by atoms with Crippen LogP contribution in [0, 0.1) is 0 Å². The summed E-state index contributed by atoms with van der Waals surface area (Å²) in [4.78, 5) is 29.6. The predicted octanol–water partition coefficient (Wildman–Crippen LogP) is -0.0452. The van der Waals surface area contributed by atoms with Crippen LogP contribution in [-0.4, -0.2) is 44.9 Å². The molecule has 1 aromatic heterocycles. The SMILES string of the molecule is CC(C(=O)O)N(C)C(=O)c1cnc[nH]1. The maximum absolute atomic E-state index is 11.5. The Hall–Kier alpha value is -1.85. The standard InChI is InChI=1S/C8H11N3O3/c1-5(8(13)14)11(2)7(12)6-3-9-4-10-6/h3-5H,1-2H3,(H,9,10)(H,13,14). The zero-order valence-electron chi connectivity index (χ0n) is 7.89. The molecule has 0 aliphatic heterocycles. The summed E-state index contributed by atoms with van der Waals surface area (Å²) in [5, 5.41) is 8.68. The minimum absolute atomic E-state index is 0.278. The number of imidazole rings is 1. The number of aromatic amines is 1. The molecular formula is C8H11N3O3. The summed E-state index contributed by atoms with van der Waals surface area (Å²) in [6.07, 6.45) is 2.72. The Kier molecular flexibility index (Phi) is 2.85. The van der Waals surface area contributed by atoms with E-state index in [0.29, 0.717) is 0 Å². The molecule has 2 N–H and O–H groups in total. The normalized spacial score (nSPS) is 12.1. The smallest absolute Gasteiger partial charge is 0.326 e. The molecule has 0 saturated carbocycles. The van der Waals surface area contributed by atoms with E-state index in [4.69, 9.17) is 5.11 Å². The zero-order valence-corrected chi connectivity index (χ0v) is 7.89. The van der Waals surface area contributed by atoms with Crippen LogP contribution in [0.15, 0.2) is 12.5 Å². The number of hydrogen-bond acceptors (Lipinski definition) is 3. The Labute approximate surface area is 80.6 Å². The highest BCUT2D eigenvalue weighted by Gasteiger charge is 2.23. The summed E-state index contributed by atoms with van der Waals surface area (Å²) in [6.45, 7) is 1.44. The second kappa shape index (κ2) is 3.91. The van der Waals surface area contributed by atoms with E-state index in [1.54, 1.807) is 0 Å². The van der Waals surface area contributed by atoms with Crippen LogP contribution in [0.3, 0.4) is 0 Å². The first-order valence-corrected chi connectivity index (χ1v) is 4.02. The molecule has 76 valence electrons. The van der Waals surface area contributed by atoms with Gasteiger partial charge >= 0.3 is 5.97 Å². The molecule has 6 nitrogen and oxygen atoms in total. The predicted molar refractivity (Wildman–Crippen MR) is 47.8 cm³/mol. The minimum atomic E-state index is -1.04. The number of carbonyl (C=O) groups excluding carboxylic acids is 1. The first-order chi connectivity index (χ1) is 6.54. The summed E-state index contributed by atoms with van der Waals surface area (Å²) < 4.78 is 0. The second-order valence-corrected chi connectivity index (χ2v) is 2.90. The van der Waals surface area contributed by atoms with Crippen LogP contribution >= 0.6 is 0 Å². The van der Waals surface area contributed by atoms with Crippen molar-refractivity contribution >= 4 is 11.9 Å². The molecule has 1 aromatic rings. The third-order valence-electron chi connectivity index (χ3n) is 1.99. The Morgan fingerprint density at radius 2 is 2.29 bits per heavy atom. The molecule has 0 radical (unpaired) electrons. The van der Waals surface area contributed by atoms with E-state index in [-0.39, 0.29) is 5.69 Å². The van der Waals surface area contributed by atoms with Gasteiger partial charge in [-0.3, -0.25) is 4.79 Å². The number of nitrogens with zero attached hydrogens (tertiary/aromatic N) is 2. The van der Waals surface area contributed by atoms with Crippen molar-refractivity contribution in [1.29, 1.82) is 0 Å². The van der Waals surface area contributed by atoms with Gasteiger partial charge in [-0.15, -0.1) is 0 Å². The van der Waals surface area contributed by atoms with Crippen molar-refractivity contribution in [2.75, 3.05) is 7.05 Å². The lowest BCUT2D eigenvalue weighted by molar-refractivity contribution is -0.141. The van der Waals surface area contributed by atoms with E-state index < -0.39 is 17.9 Å². The monoisotopic (exact) mass is 197 g/mol. The van der Waals surface area contributed by atoms with Gasteiger partial charge in [0.05, 0.1) is 12.5 Å². The highest BCUT2D eigenvalue weighted by Crippen LogP contribution is 2.02. The van der Waals surface area contributed by atoms with E-state index in [1.807, 2.05) is 0 Å². The van der Waals surface area contributed by atoms with Crippen LogP contribution in [0.4, 0.5) is 0 Å². The maximum Gasteiger partial charge on any atom is 0.326 e. The fourth-order valence-corrected chi connectivity index (χ4v) is 0.904. The Bertz CT molecular complexity index is 334. The van der Waals surface area contributed by atoms with E-state index in [0.717, 1.165) is 4.90 Å². The van der Waals surface area contributed by atoms with Crippen LogP contribution < -0.4 is 0 Å². The highest BCUT2D eigenvalue weighted by molar-refractivity contribution is 5.94. The largest absolute Gasteiger partial charge is 0.480 e. The fourth-order valence-electron chi connectivity index (χ4n) is 0.904. The highest BCUT2D eigenvalue weighted by atomic mass is 16.4. The van der Waals surface area contributed by atoms with Crippen molar-refractivity contribution in [3.8, 4) is 0 Å². The lowest BCUT2D eigenvalue weighted by atomic mass is 10.3. The van der Waals surface area contributed by atoms with Gasteiger partial charge in [-0.1, -0.05) is 0 Å². The van der Waals surface area contributed by atoms with E-state index >= 15 is 0 Å². The molecule has 1 atom stereocenters. The van der Waals surface area contributed by atoms with Crippen LogP contribution in [0.25, 0.3) is 0 Å².